The van der Waals surface area contributed by atoms with Crippen LogP contribution < -0.4 is 9.64 Å². The van der Waals surface area contributed by atoms with Gasteiger partial charge in [0.25, 0.3) is 17.6 Å². The van der Waals surface area contributed by atoms with Crippen molar-refractivity contribution in [2.24, 2.45) is 0 Å². The molecule has 0 saturated carbocycles. The minimum absolute atomic E-state index is 0.0120. The Morgan fingerprint density at radius 2 is 1.72 bits per heavy atom. The number of hydrogen-bond acceptors (Lipinski definition) is 6. The van der Waals surface area contributed by atoms with E-state index in [9.17, 15) is 19.5 Å². The molecule has 1 saturated heterocycles. The maximum Gasteiger partial charge on any atom is 0.296 e. The Labute approximate surface area is 185 Å². The minimum atomic E-state index is -1.76. The van der Waals surface area contributed by atoms with Crippen LogP contribution in [-0.2, 0) is 24.7 Å². The van der Waals surface area contributed by atoms with Crippen molar-refractivity contribution in [3.05, 3.63) is 65.2 Å². The van der Waals surface area contributed by atoms with E-state index in [2.05, 4.69) is 0 Å². The number of aliphatic hydroxyl groups is 1. The fourth-order valence-corrected chi connectivity index (χ4v) is 4.56. The first-order chi connectivity index (χ1) is 15.4. The van der Waals surface area contributed by atoms with Gasteiger partial charge in [0.1, 0.15) is 11.5 Å². The average molecular weight is 436 g/mol. The molecule has 1 atom stereocenters. The number of methoxy groups -OCH3 is 2. The third kappa shape index (κ3) is 2.83. The zero-order valence-electron chi connectivity index (χ0n) is 18.1. The zero-order chi connectivity index (χ0) is 23.0. The first-order valence-corrected chi connectivity index (χ1v) is 10.3. The van der Waals surface area contributed by atoms with Crippen LogP contribution in [0.5, 0.6) is 5.75 Å². The average Bonchev–Trinajstić information content (AvgIpc) is 3.20. The highest BCUT2D eigenvalue weighted by Gasteiger charge is 2.66. The second-order valence-electron chi connectivity index (χ2n) is 7.51. The number of para-hydroxylation sites is 1. The summed E-state index contributed by atoms with van der Waals surface area (Å²) < 4.78 is 10.3. The van der Waals surface area contributed by atoms with Crippen LogP contribution in [0.4, 0.5) is 5.69 Å². The third-order valence-corrected chi connectivity index (χ3v) is 6.01. The number of amides is 2. The second-order valence-corrected chi connectivity index (χ2v) is 7.51. The lowest BCUT2D eigenvalue weighted by Gasteiger charge is -2.34. The number of carbonyl (C=O) groups excluding carboxylic acids is 3. The number of hydrogen-bond donors (Lipinski definition) is 1. The van der Waals surface area contributed by atoms with Crippen molar-refractivity contribution < 1.29 is 29.0 Å². The van der Waals surface area contributed by atoms with E-state index in [1.54, 1.807) is 48.5 Å². The maximum absolute atomic E-state index is 13.9. The van der Waals surface area contributed by atoms with Gasteiger partial charge < -0.3 is 24.4 Å². The van der Waals surface area contributed by atoms with Crippen LogP contribution in [0.1, 0.15) is 18.1 Å². The molecule has 2 heterocycles. The monoisotopic (exact) mass is 436 g/mol. The highest BCUT2D eigenvalue weighted by molar-refractivity contribution is 6.50. The Hall–Kier alpha value is -3.65. The fraction of sp³-hybridized carbons (Fsp3) is 0.292. The summed E-state index contributed by atoms with van der Waals surface area (Å²) in [6, 6.07) is 13.4. The minimum Gasteiger partial charge on any atom is -0.507 e. The molecule has 4 rings (SSSR count). The van der Waals surface area contributed by atoms with Gasteiger partial charge in [0.15, 0.2) is 5.54 Å². The number of fused-ring (bicyclic) bond motifs is 2. The van der Waals surface area contributed by atoms with Gasteiger partial charge in [-0.25, -0.2) is 0 Å². The van der Waals surface area contributed by atoms with Crippen molar-refractivity contribution in [1.82, 2.24) is 4.90 Å². The molecule has 2 amide bonds. The topological polar surface area (TPSA) is 96.4 Å². The van der Waals surface area contributed by atoms with Gasteiger partial charge in [0.2, 0.25) is 0 Å². The lowest BCUT2D eigenvalue weighted by Crippen LogP contribution is -2.52. The van der Waals surface area contributed by atoms with E-state index < -0.39 is 28.9 Å². The van der Waals surface area contributed by atoms with Gasteiger partial charge in [-0.2, -0.15) is 0 Å². The van der Waals surface area contributed by atoms with E-state index in [1.807, 2.05) is 6.92 Å². The predicted octanol–water partition coefficient (Wildman–Crippen LogP) is 2.28. The first kappa shape index (κ1) is 21.6. The number of nitrogens with zero attached hydrogens (tertiary/aromatic N) is 2. The largest absolute Gasteiger partial charge is 0.507 e. The smallest absolute Gasteiger partial charge is 0.296 e. The number of likely N-dealkylation sites (N-methyl/N-ethyl adjacent to an activating group) is 1. The molecular weight excluding hydrogens is 412 g/mol. The Bertz CT molecular complexity index is 1120. The van der Waals surface area contributed by atoms with E-state index in [-0.39, 0.29) is 18.7 Å². The van der Waals surface area contributed by atoms with Gasteiger partial charge in [-0.15, -0.1) is 0 Å². The van der Waals surface area contributed by atoms with E-state index >= 15 is 0 Å². The van der Waals surface area contributed by atoms with Gasteiger partial charge in [-0.05, 0) is 37.3 Å². The van der Waals surface area contributed by atoms with Crippen molar-refractivity contribution >= 4 is 29.0 Å². The van der Waals surface area contributed by atoms with Gasteiger partial charge in [0, 0.05) is 31.3 Å². The standard InChI is InChI=1S/C24H24N2O6/c1-4-25-18-8-6-5-7-17(18)24(23(25)30)19(21(28)22(29)26(24)13-14-31-2)20(27)15-9-11-16(32-3)12-10-15/h5-12,27H,4,13-14H2,1-3H3/b20-19-. The molecule has 2 aromatic rings. The SMILES string of the molecule is CCN1C(=O)C2(/C(=C(\O)c3ccc(OC)cc3)C(=O)C(=O)N2CCOC)c2ccccc21. The van der Waals surface area contributed by atoms with E-state index in [0.717, 1.165) is 0 Å². The second kappa shape index (κ2) is 8.12. The lowest BCUT2D eigenvalue weighted by atomic mass is 9.82. The molecule has 1 N–H and O–H groups in total. The van der Waals surface area contributed by atoms with Gasteiger partial charge in [-0.3, -0.25) is 14.4 Å². The molecular formula is C24H24N2O6. The van der Waals surface area contributed by atoms with Gasteiger partial charge in [0.05, 0.1) is 25.0 Å². The third-order valence-electron chi connectivity index (χ3n) is 6.01. The molecule has 8 nitrogen and oxygen atoms in total. The number of ketones is 1. The molecule has 2 aliphatic heterocycles. The molecule has 0 radical (unpaired) electrons. The Balaban J connectivity index is 2.03. The summed E-state index contributed by atoms with van der Waals surface area (Å²) in [7, 11) is 2.99. The van der Waals surface area contributed by atoms with Crippen LogP contribution in [0.25, 0.3) is 5.76 Å². The summed E-state index contributed by atoms with van der Waals surface area (Å²) in [6.07, 6.45) is 0. The summed E-state index contributed by atoms with van der Waals surface area (Å²) in [5.41, 5.74) is -0.613. The number of aliphatic hydroxyl groups excluding tert-OH is 1. The molecule has 1 fully saturated rings. The summed E-state index contributed by atoms with van der Waals surface area (Å²) in [6.45, 7) is 2.30. The highest BCUT2D eigenvalue weighted by atomic mass is 16.5. The van der Waals surface area contributed by atoms with Crippen molar-refractivity contribution in [2.75, 3.05) is 38.8 Å². The summed E-state index contributed by atoms with van der Waals surface area (Å²) in [5.74, 6) is -2.05. The molecule has 2 aliphatic rings. The van der Waals surface area contributed by atoms with Gasteiger partial charge >= 0.3 is 0 Å². The molecule has 166 valence electrons. The number of likely N-dealkylation sites (tertiary alicyclic amines) is 1. The summed E-state index contributed by atoms with van der Waals surface area (Å²) in [4.78, 5) is 43.1. The molecule has 1 unspecified atom stereocenters. The van der Waals surface area contributed by atoms with Crippen molar-refractivity contribution in [2.45, 2.75) is 12.5 Å². The molecule has 0 aromatic heterocycles. The molecule has 0 bridgehead atoms. The number of benzene rings is 2. The van der Waals surface area contributed by atoms with E-state index in [4.69, 9.17) is 9.47 Å². The molecule has 0 aliphatic carbocycles. The Kier molecular flexibility index (Phi) is 5.48. The number of rotatable bonds is 6. The summed E-state index contributed by atoms with van der Waals surface area (Å²) in [5, 5.41) is 11.3. The fourth-order valence-electron chi connectivity index (χ4n) is 4.56. The van der Waals surface area contributed by atoms with Gasteiger partial charge in [-0.1, -0.05) is 18.2 Å². The van der Waals surface area contributed by atoms with Crippen LogP contribution >= 0.6 is 0 Å². The van der Waals surface area contributed by atoms with Crippen LogP contribution in [-0.4, -0.2) is 61.5 Å². The van der Waals surface area contributed by atoms with Crippen LogP contribution in [0.3, 0.4) is 0 Å². The number of ether oxygens (including phenoxy) is 2. The lowest BCUT2D eigenvalue weighted by molar-refractivity contribution is -0.144. The number of anilines is 1. The van der Waals surface area contributed by atoms with E-state index in [1.165, 1.54) is 24.0 Å². The van der Waals surface area contributed by atoms with Crippen molar-refractivity contribution in [1.29, 1.82) is 0 Å². The highest BCUT2D eigenvalue weighted by Crippen LogP contribution is 2.53. The van der Waals surface area contributed by atoms with E-state index in [0.29, 0.717) is 29.1 Å². The quantitative estimate of drug-likeness (QED) is 0.424. The van der Waals surface area contributed by atoms with Crippen LogP contribution in [0.15, 0.2) is 54.1 Å². The normalized spacial score (nSPS) is 21.5. The molecule has 1 spiro atoms. The van der Waals surface area contributed by atoms with Crippen molar-refractivity contribution in [3.63, 3.8) is 0 Å². The van der Waals surface area contributed by atoms with Crippen LogP contribution in [0.2, 0.25) is 0 Å². The zero-order valence-corrected chi connectivity index (χ0v) is 18.1. The van der Waals surface area contributed by atoms with Crippen molar-refractivity contribution in [3.8, 4) is 5.75 Å². The Morgan fingerprint density at radius 1 is 1.03 bits per heavy atom. The number of Topliss-reactive ketones (excluding diaryl/α,β-unsaturated/α-hetero) is 1. The Morgan fingerprint density at radius 3 is 2.34 bits per heavy atom. The molecule has 32 heavy (non-hydrogen) atoms. The summed E-state index contributed by atoms with van der Waals surface area (Å²) >= 11 is 0. The maximum atomic E-state index is 13.9. The first-order valence-electron chi connectivity index (χ1n) is 10.3. The predicted molar refractivity (Wildman–Crippen MR) is 117 cm³/mol. The molecule has 2 aromatic carbocycles. The molecule has 8 heteroatoms. The number of carbonyl (C=O) groups is 3. The van der Waals surface area contributed by atoms with Crippen LogP contribution in [0, 0.1) is 0 Å².